The molecular formula is C15H28N2O. The molecule has 0 aromatic carbocycles. The van der Waals surface area contributed by atoms with Crippen molar-refractivity contribution < 1.29 is 4.79 Å². The number of nitrogens with two attached hydrogens (primary N) is 1. The van der Waals surface area contributed by atoms with Crippen molar-refractivity contribution in [2.75, 3.05) is 19.6 Å². The molecule has 1 unspecified atom stereocenters. The summed E-state index contributed by atoms with van der Waals surface area (Å²) in [5.41, 5.74) is 5.96. The molecule has 2 rings (SSSR count). The topological polar surface area (TPSA) is 46.3 Å². The predicted molar refractivity (Wildman–Crippen MR) is 74.0 cm³/mol. The highest BCUT2D eigenvalue weighted by Gasteiger charge is 2.50. The van der Waals surface area contributed by atoms with Crippen LogP contribution in [0.4, 0.5) is 0 Å². The Morgan fingerprint density at radius 2 is 2.00 bits per heavy atom. The second-order valence-electron chi connectivity index (χ2n) is 7.60. The lowest BCUT2D eigenvalue weighted by Crippen LogP contribution is -2.54. The zero-order valence-electron chi connectivity index (χ0n) is 12.3. The highest BCUT2D eigenvalue weighted by atomic mass is 16.2. The maximum Gasteiger partial charge on any atom is 0.230 e. The molecule has 1 saturated carbocycles. The fourth-order valence-electron chi connectivity index (χ4n) is 3.69. The fraction of sp³-hybridized carbons (Fsp3) is 0.933. The van der Waals surface area contributed by atoms with Crippen LogP contribution in [0.3, 0.4) is 0 Å². The second kappa shape index (κ2) is 4.52. The van der Waals surface area contributed by atoms with Crippen molar-refractivity contribution in [1.82, 2.24) is 4.90 Å². The van der Waals surface area contributed by atoms with E-state index in [0.717, 1.165) is 32.4 Å². The Labute approximate surface area is 111 Å². The van der Waals surface area contributed by atoms with E-state index in [1.54, 1.807) is 0 Å². The van der Waals surface area contributed by atoms with Gasteiger partial charge in [0.1, 0.15) is 0 Å². The molecule has 0 aromatic heterocycles. The SMILES string of the molecule is CC1CC(CN)(C(=O)N2CCC(C(C)(C)C)C2)C1. The first kappa shape index (κ1) is 13.9. The van der Waals surface area contributed by atoms with Crippen molar-refractivity contribution in [3.63, 3.8) is 0 Å². The van der Waals surface area contributed by atoms with E-state index < -0.39 is 0 Å². The Kier molecular flexibility index (Phi) is 3.48. The van der Waals surface area contributed by atoms with E-state index in [9.17, 15) is 4.79 Å². The first-order valence-corrected chi connectivity index (χ1v) is 7.28. The van der Waals surface area contributed by atoms with E-state index >= 15 is 0 Å². The molecular weight excluding hydrogens is 224 g/mol. The first-order valence-electron chi connectivity index (χ1n) is 7.28. The number of hydrogen-bond acceptors (Lipinski definition) is 2. The Balaban J connectivity index is 1.99. The summed E-state index contributed by atoms with van der Waals surface area (Å²) >= 11 is 0. The molecule has 1 heterocycles. The van der Waals surface area contributed by atoms with Crippen molar-refractivity contribution >= 4 is 5.91 Å². The summed E-state index contributed by atoms with van der Waals surface area (Å²) in [5.74, 6) is 1.63. The van der Waals surface area contributed by atoms with E-state index in [2.05, 4.69) is 32.6 Å². The van der Waals surface area contributed by atoms with Crippen molar-refractivity contribution in [1.29, 1.82) is 0 Å². The van der Waals surface area contributed by atoms with Gasteiger partial charge in [0.15, 0.2) is 0 Å². The molecule has 2 N–H and O–H groups in total. The smallest absolute Gasteiger partial charge is 0.230 e. The summed E-state index contributed by atoms with van der Waals surface area (Å²) in [6.45, 7) is 11.4. The van der Waals surface area contributed by atoms with Crippen LogP contribution >= 0.6 is 0 Å². The van der Waals surface area contributed by atoms with Crippen molar-refractivity contribution in [3.05, 3.63) is 0 Å². The van der Waals surface area contributed by atoms with Gasteiger partial charge in [0.05, 0.1) is 5.41 Å². The van der Waals surface area contributed by atoms with Gasteiger partial charge >= 0.3 is 0 Å². The zero-order valence-corrected chi connectivity index (χ0v) is 12.3. The number of carbonyl (C=O) groups is 1. The number of nitrogens with zero attached hydrogens (tertiary/aromatic N) is 1. The van der Waals surface area contributed by atoms with Crippen LogP contribution < -0.4 is 5.73 Å². The van der Waals surface area contributed by atoms with Crippen molar-refractivity contribution in [2.24, 2.45) is 28.4 Å². The molecule has 1 aliphatic carbocycles. The number of amides is 1. The van der Waals surface area contributed by atoms with Gasteiger partial charge in [0, 0.05) is 19.6 Å². The maximum atomic E-state index is 12.6. The zero-order chi connectivity index (χ0) is 13.6. The Hall–Kier alpha value is -0.570. The molecule has 2 fully saturated rings. The third-order valence-corrected chi connectivity index (χ3v) is 5.02. The van der Waals surface area contributed by atoms with Crippen LogP contribution in [0.25, 0.3) is 0 Å². The molecule has 1 amide bonds. The molecule has 3 nitrogen and oxygen atoms in total. The summed E-state index contributed by atoms with van der Waals surface area (Å²) in [5, 5.41) is 0. The second-order valence-corrected chi connectivity index (χ2v) is 7.60. The van der Waals surface area contributed by atoms with E-state index in [0.29, 0.717) is 29.7 Å². The molecule has 1 aliphatic heterocycles. The minimum Gasteiger partial charge on any atom is -0.342 e. The molecule has 18 heavy (non-hydrogen) atoms. The van der Waals surface area contributed by atoms with E-state index in [1.165, 1.54) is 0 Å². The van der Waals surface area contributed by atoms with Crippen molar-refractivity contribution in [3.8, 4) is 0 Å². The van der Waals surface area contributed by atoms with Crippen LogP contribution in [0.5, 0.6) is 0 Å². The van der Waals surface area contributed by atoms with E-state index in [-0.39, 0.29) is 5.41 Å². The van der Waals surface area contributed by atoms with Crippen LogP contribution in [0.15, 0.2) is 0 Å². The van der Waals surface area contributed by atoms with Gasteiger partial charge in [-0.25, -0.2) is 0 Å². The molecule has 0 aromatic rings. The molecule has 0 radical (unpaired) electrons. The monoisotopic (exact) mass is 252 g/mol. The quantitative estimate of drug-likeness (QED) is 0.819. The summed E-state index contributed by atoms with van der Waals surface area (Å²) < 4.78 is 0. The van der Waals surface area contributed by atoms with Crippen molar-refractivity contribution in [2.45, 2.75) is 47.0 Å². The summed E-state index contributed by atoms with van der Waals surface area (Å²) in [7, 11) is 0. The van der Waals surface area contributed by atoms with Gasteiger partial charge in [-0.15, -0.1) is 0 Å². The maximum absolute atomic E-state index is 12.6. The minimum absolute atomic E-state index is 0.216. The average Bonchev–Trinajstić information content (AvgIpc) is 2.72. The standard InChI is InChI=1S/C15H28N2O/c1-11-7-15(8-11,10-16)13(18)17-6-5-12(9-17)14(2,3)4/h11-12H,5-10,16H2,1-4H3. The third kappa shape index (κ3) is 2.29. The van der Waals surface area contributed by atoms with Crippen LogP contribution in [0, 0.1) is 22.7 Å². The normalized spacial score (nSPS) is 36.6. The molecule has 104 valence electrons. The molecule has 1 atom stereocenters. The summed E-state index contributed by atoms with van der Waals surface area (Å²) in [4.78, 5) is 14.7. The van der Waals surface area contributed by atoms with Crippen LogP contribution in [-0.2, 0) is 4.79 Å². The molecule has 1 saturated heterocycles. The van der Waals surface area contributed by atoms with Crippen LogP contribution in [-0.4, -0.2) is 30.4 Å². The van der Waals surface area contributed by atoms with Gasteiger partial charge in [-0.3, -0.25) is 4.79 Å². The van der Waals surface area contributed by atoms with Gasteiger partial charge < -0.3 is 10.6 Å². The van der Waals surface area contributed by atoms with Gasteiger partial charge in [0.25, 0.3) is 0 Å². The number of rotatable bonds is 2. The van der Waals surface area contributed by atoms with Gasteiger partial charge in [-0.1, -0.05) is 27.7 Å². The van der Waals surface area contributed by atoms with E-state index in [4.69, 9.17) is 5.73 Å². The highest BCUT2D eigenvalue weighted by molar-refractivity contribution is 5.84. The number of hydrogen-bond donors (Lipinski definition) is 1. The largest absolute Gasteiger partial charge is 0.342 e. The molecule has 3 heteroatoms. The first-order chi connectivity index (χ1) is 8.28. The average molecular weight is 252 g/mol. The van der Waals surface area contributed by atoms with Crippen LogP contribution in [0.1, 0.15) is 47.0 Å². The Morgan fingerprint density at radius 3 is 2.39 bits per heavy atom. The van der Waals surface area contributed by atoms with Gasteiger partial charge in [-0.05, 0) is 36.5 Å². The predicted octanol–water partition coefficient (Wildman–Crippen LogP) is 2.26. The highest BCUT2D eigenvalue weighted by Crippen LogP contribution is 2.47. The van der Waals surface area contributed by atoms with Crippen LogP contribution in [0.2, 0.25) is 0 Å². The lowest BCUT2D eigenvalue weighted by molar-refractivity contribution is -0.148. The molecule has 0 bridgehead atoms. The number of likely N-dealkylation sites (tertiary alicyclic amines) is 1. The van der Waals surface area contributed by atoms with Gasteiger partial charge in [0.2, 0.25) is 5.91 Å². The summed E-state index contributed by atoms with van der Waals surface area (Å²) in [6, 6.07) is 0. The lowest BCUT2D eigenvalue weighted by Gasteiger charge is -2.46. The number of carbonyl (C=O) groups excluding carboxylic acids is 1. The molecule has 0 spiro atoms. The lowest BCUT2D eigenvalue weighted by atomic mass is 9.62. The minimum atomic E-state index is -0.216. The van der Waals surface area contributed by atoms with E-state index in [1.807, 2.05) is 0 Å². The van der Waals surface area contributed by atoms with Gasteiger partial charge in [-0.2, -0.15) is 0 Å². The Morgan fingerprint density at radius 1 is 1.39 bits per heavy atom. The summed E-state index contributed by atoms with van der Waals surface area (Å²) in [6.07, 6.45) is 3.11. The molecule has 2 aliphatic rings. The Bertz CT molecular complexity index is 326. The fourth-order valence-corrected chi connectivity index (χ4v) is 3.69. The third-order valence-electron chi connectivity index (χ3n) is 5.02.